The van der Waals surface area contributed by atoms with Crippen LogP contribution < -0.4 is 14.9 Å². The topological polar surface area (TPSA) is 111 Å². The van der Waals surface area contributed by atoms with Crippen molar-refractivity contribution in [2.24, 2.45) is 4.99 Å². The van der Waals surface area contributed by atoms with Gasteiger partial charge in [-0.15, -0.1) is 0 Å². The highest BCUT2D eigenvalue weighted by atomic mass is 32.2. The Bertz CT molecular complexity index is 1860. The molecule has 1 amide bonds. The average Bonchev–Trinajstić information content (AvgIpc) is 3.34. The van der Waals surface area contributed by atoms with Crippen LogP contribution >= 0.6 is 0 Å². The van der Waals surface area contributed by atoms with Crippen molar-refractivity contribution in [3.63, 3.8) is 0 Å². The van der Waals surface area contributed by atoms with Crippen molar-refractivity contribution in [1.29, 1.82) is 0 Å². The van der Waals surface area contributed by atoms with Crippen LogP contribution in [0.1, 0.15) is 33.0 Å². The van der Waals surface area contributed by atoms with E-state index in [1.165, 1.54) is 12.1 Å². The largest absolute Gasteiger partial charge is 0.369 e. The minimum Gasteiger partial charge on any atom is -0.369 e. The molecule has 0 spiro atoms. The van der Waals surface area contributed by atoms with Crippen molar-refractivity contribution in [2.45, 2.75) is 17.7 Å². The van der Waals surface area contributed by atoms with Gasteiger partial charge in [-0.05, 0) is 79.7 Å². The molecule has 1 unspecified atom stereocenters. The fourth-order valence-electron chi connectivity index (χ4n) is 5.44. The summed E-state index contributed by atoms with van der Waals surface area (Å²) < 4.78 is 28.3. The van der Waals surface area contributed by atoms with Gasteiger partial charge in [0.15, 0.2) is 5.78 Å². The molecule has 0 saturated carbocycles. The highest BCUT2D eigenvalue weighted by molar-refractivity contribution is 7.92. The zero-order chi connectivity index (χ0) is 30.8. The Morgan fingerprint density at radius 1 is 0.909 bits per heavy atom. The second-order valence-electron chi connectivity index (χ2n) is 11.2. The number of ketones is 1. The van der Waals surface area contributed by atoms with Gasteiger partial charge in [-0.2, -0.15) is 0 Å². The molecule has 2 heterocycles. The molecule has 1 saturated heterocycles. The number of amides is 1. The van der Waals surface area contributed by atoms with Crippen LogP contribution in [0.15, 0.2) is 101 Å². The maximum atomic E-state index is 13.4. The molecule has 0 aromatic heterocycles. The molecule has 1 fully saturated rings. The minimum atomic E-state index is -3.82. The van der Waals surface area contributed by atoms with E-state index in [1.807, 2.05) is 25.1 Å². The number of benzene rings is 4. The molecule has 2 aliphatic heterocycles. The first-order chi connectivity index (χ1) is 21.2. The molecular weight excluding hydrogens is 574 g/mol. The number of hydrogen-bond acceptors (Lipinski definition) is 7. The maximum absolute atomic E-state index is 13.4. The lowest BCUT2D eigenvalue weighted by Crippen LogP contribution is -2.44. The molecule has 4 aromatic rings. The fraction of sp³-hybridized carbons (Fsp3) is 0.206. The first-order valence-corrected chi connectivity index (χ1v) is 15.9. The van der Waals surface area contributed by atoms with Crippen LogP contribution in [0, 0.1) is 6.92 Å². The van der Waals surface area contributed by atoms with Gasteiger partial charge in [-0.1, -0.05) is 36.4 Å². The van der Waals surface area contributed by atoms with Crippen LogP contribution in [0.3, 0.4) is 0 Å². The average molecular weight is 608 g/mol. The van der Waals surface area contributed by atoms with Crippen LogP contribution in [0.5, 0.6) is 0 Å². The van der Waals surface area contributed by atoms with Crippen LogP contribution in [0.25, 0.3) is 0 Å². The Hall–Kier alpha value is -4.80. The number of likely N-dealkylation sites (N-methyl/N-ethyl adjacent to an activating group) is 1. The number of aliphatic imine (C=N–C) groups is 1. The van der Waals surface area contributed by atoms with Gasteiger partial charge in [-0.3, -0.25) is 19.3 Å². The zero-order valence-corrected chi connectivity index (χ0v) is 25.3. The molecule has 6 rings (SSSR count). The Balaban J connectivity index is 1.15. The lowest BCUT2D eigenvalue weighted by Gasteiger charge is -2.34. The SMILES string of the molecule is Cc1cccc(S(=O)(=O)Nc2cccc(C(=O)c3ccc4c(c3)NC(=O)C4C=Nc3ccc(N4CCN(C)CC4)cc3)c2)c1. The first kappa shape index (κ1) is 29.3. The van der Waals surface area contributed by atoms with Gasteiger partial charge in [-0.25, -0.2) is 8.42 Å². The molecule has 9 nitrogen and oxygen atoms in total. The van der Waals surface area contributed by atoms with Crippen molar-refractivity contribution < 1.29 is 18.0 Å². The van der Waals surface area contributed by atoms with E-state index >= 15 is 0 Å². The summed E-state index contributed by atoms with van der Waals surface area (Å²) in [6, 6.07) is 26.1. The Kier molecular flexibility index (Phi) is 8.03. The van der Waals surface area contributed by atoms with E-state index in [4.69, 9.17) is 0 Å². The molecule has 1 atom stereocenters. The smallest absolute Gasteiger partial charge is 0.261 e. The summed E-state index contributed by atoms with van der Waals surface area (Å²) in [4.78, 5) is 35.6. The first-order valence-electron chi connectivity index (χ1n) is 14.4. The predicted molar refractivity (Wildman–Crippen MR) is 174 cm³/mol. The zero-order valence-electron chi connectivity index (χ0n) is 24.5. The van der Waals surface area contributed by atoms with Gasteiger partial charge in [0.05, 0.1) is 10.6 Å². The molecule has 0 radical (unpaired) electrons. The molecule has 224 valence electrons. The molecular formula is C34H33N5O4S. The van der Waals surface area contributed by atoms with Crippen molar-refractivity contribution in [3.05, 3.63) is 113 Å². The number of sulfonamides is 1. The highest BCUT2D eigenvalue weighted by Crippen LogP contribution is 2.34. The van der Waals surface area contributed by atoms with E-state index in [0.29, 0.717) is 16.8 Å². The summed E-state index contributed by atoms with van der Waals surface area (Å²) in [6.45, 7) is 5.86. The third kappa shape index (κ3) is 6.27. The standard InChI is InChI=1S/C34H33N5O4S/c1-23-5-3-8-29(19-23)44(42,43)37-27-7-4-6-24(20-27)33(40)25-9-14-30-31(34(41)36-32(30)21-25)22-35-26-10-12-28(13-11-26)39-17-15-38(2)16-18-39/h3-14,19-22,31,37H,15-18H2,1-2H3,(H,36,41). The molecule has 4 aromatic carbocycles. The minimum absolute atomic E-state index is 0.143. The summed E-state index contributed by atoms with van der Waals surface area (Å²) in [5, 5.41) is 2.87. The van der Waals surface area contributed by atoms with Crippen molar-refractivity contribution in [1.82, 2.24) is 4.90 Å². The number of aryl methyl sites for hydroxylation is 1. The highest BCUT2D eigenvalue weighted by Gasteiger charge is 2.30. The number of carbonyl (C=O) groups excluding carboxylic acids is 2. The summed E-state index contributed by atoms with van der Waals surface area (Å²) in [6.07, 6.45) is 1.64. The van der Waals surface area contributed by atoms with Gasteiger partial charge in [0.1, 0.15) is 5.92 Å². The Morgan fingerprint density at radius 2 is 1.64 bits per heavy atom. The summed E-state index contributed by atoms with van der Waals surface area (Å²) in [5.41, 5.74) is 5.00. The number of nitrogens with one attached hydrogen (secondary N) is 2. The van der Waals surface area contributed by atoms with E-state index < -0.39 is 15.9 Å². The van der Waals surface area contributed by atoms with Gasteiger partial charge < -0.3 is 15.1 Å². The molecule has 2 N–H and O–H groups in total. The van der Waals surface area contributed by atoms with Crippen molar-refractivity contribution >= 4 is 50.7 Å². The second-order valence-corrected chi connectivity index (χ2v) is 12.9. The molecule has 2 aliphatic rings. The summed E-state index contributed by atoms with van der Waals surface area (Å²) in [7, 11) is -1.69. The molecule has 44 heavy (non-hydrogen) atoms. The van der Waals surface area contributed by atoms with Crippen LogP contribution in [-0.2, 0) is 14.8 Å². The number of rotatable bonds is 8. The number of nitrogens with zero attached hydrogens (tertiary/aromatic N) is 3. The third-order valence-corrected chi connectivity index (χ3v) is 9.34. The number of fused-ring (bicyclic) bond motifs is 1. The van der Waals surface area contributed by atoms with Gasteiger partial charge in [0.25, 0.3) is 10.0 Å². The monoisotopic (exact) mass is 607 g/mol. The predicted octanol–water partition coefficient (Wildman–Crippen LogP) is 5.22. The van der Waals surface area contributed by atoms with Gasteiger partial charge >= 0.3 is 0 Å². The summed E-state index contributed by atoms with van der Waals surface area (Å²) >= 11 is 0. The lowest BCUT2D eigenvalue weighted by atomic mass is 9.97. The van der Waals surface area contributed by atoms with E-state index in [2.05, 4.69) is 44.0 Å². The number of hydrogen-bond donors (Lipinski definition) is 2. The summed E-state index contributed by atoms with van der Waals surface area (Å²) in [5.74, 6) is -1.09. The lowest BCUT2D eigenvalue weighted by molar-refractivity contribution is -0.115. The maximum Gasteiger partial charge on any atom is 0.261 e. The van der Waals surface area contributed by atoms with Gasteiger partial charge in [0, 0.05) is 60.6 Å². The van der Waals surface area contributed by atoms with Crippen LogP contribution in [0.2, 0.25) is 0 Å². The second kappa shape index (κ2) is 12.1. The van der Waals surface area contributed by atoms with Gasteiger partial charge in [0.2, 0.25) is 5.91 Å². The Labute approximate surface area is 257 Å². The number of carbonyl (C=O) groups is 2. The van der Waals surface area contributed by atoms with E-state index in [1.54, 1.807) is 54.7 Å². The fourth-order valence-corrected chi connectivity index (χ4v) is 6.59. The Morgan fingerprint density at radius 3 is 2.39 bits per heavy atom. The van der Waals surface area contributed by atoms with E-state index in [-0.39, 0.29) is 22.3 Å². The van der Waals surface area contributed by atoms with E-state index in [9.17, 15) is 18.0 Å². The van der Waals surface area contributed by atoms with Crippen LogP contribution in [0.4, 0.5) is 22.7 Å². The van der Waals surface area contributed by atoms with Crippen molar-refractivity contribution in [2.75, 3.05) is 48.2 Å². The van der Waals surface area contributed by atoms with Crippen LogP contribution in [-0.4, -0.2) is 64.4 Å². The third-order valence-electron chi connectivity index (χ3n) is 7.96. The molecule has 10 heteroatoms. The molecule has 0 bridgehead atoms. The van der Waals surface area contributed by atoms with Crippen molar-refractivity contribution in [3.8, 4) is 0 Å². The normalized spacial score (nSPS) is 17.0. The quantitative estimate of drug-likeness (QED) is 0.210. The van der Waals surface area contributed by atoms with E-state index in [0.717, 1.165) is 48.7 Å². The molecule has 0 aliphatic carbocycles. The number of piperazine rings is 1. The number of anilines is 3.